The van der Waals surface area contributed by atoms with E-state index < -0.39 is 22.0 Å². The van der Waals surface area contributed by atoms with Crippen molar-refractivity contribution in [1.29, 1.82) is 0 Å². The number of nitrogens with zero attached hydrogens (tertiary/aromatic N) is 1. The first-order valence-corrected chi connectivity index (χ1v) is 10.1. The Hall–Kier alpha value is -3.27. The van der Waals surface area contributed by atoms with Crippen molar-refractivity contribution in [3.63, 3.8) is 0 Å². The zero-order valence-corrected chi connectivity index (χ0v) is 16.0. The smallest absolute Gasteiger partial charge is 0.261 e. The molecule has 2 aromatic carbocycles. The van der Waals surface area contributed by atoms with E-state index in [2.05, 4.69) is 9.71 Å². The van der Waals surface area contributed by atoms with Crippen LogP contribution >= 0.6 is 0 Å². The summed E-state index contributed by atoms with van der Waals surface area (Å²) in [6, 6.07) is 17.0. The molecule has 0 bridgehead atoms. The summed E-state index contributed by atoms with van der Waals surface area (Å²) in [7, 11) is -4.02. The maximum Gasteiger partial charge on any atom is 0.261 e. The lowest BCUT2D eigenvalue weighted by atomic mass is 10.1. The second-order valence-corrected chi connectivity index (χ2v) is 7.82. The van der Waals surface area contributed by atoms with E-state index in [9.17, 15) is 13.2 Å². The van der Waals surface area contributed by atoms with E-state index in [1.54, 1.807) is 30.5 Å². The maximum absolute atomic E-state index is 12.7. The summed E-state index contributed by atoms with van der Waals surface area (Å²) in [4.78, 5) is 15.8. The Bertz CT molecular complexity index is 1040. The van der Waals surface area contributed by atoms with Crippen molar-refractivity contribution in [2.45, 2.75) is 17.4 Å². The Morgan fingerprint density at radius 1 is 1.00 bits per heavy atom. The molecule has 0 aliphatic carbocycles. The van der Waals surface area contributed by atoms with Crippen molar-refractivity contribution < 1.29 is 23.2 Å². The van der Waals surface area contributed by atoms with Gasteiger partial charge in [0.05, 0.1) is 4.90 Å². The van der Waals surface area contributed by atoms with Gasteiger partial charge in [-0.3, -0.25) is 15.0 Å². The number of nitrogens with one attached hydrogen (secondary N) is 2. The molecule has 8 nitrogen and oxygen atoms in total. The predicted molar refractivity (Wildman–Crippen MR) is 105 cm³/mol. The summed E-state index contributed by atoms with van der Waals surface area (Å²) in [6.07, 6.45) is 3.10. The number of ether oxygens (including phenoxy) is 1. The molecule has 0 aliphatic rings. The van der Waals surface area contributed by atoms with E-state index in [0.29, 0.717) is 17.1 Å². The minimum absolute atomic E-state index is 0.0225. The number of para-hydroxylation sites is 1. The molecule has 0 saturated carbocycles. The number of amides is 1. The predicted octanol–water partition coefficient (Wildman–Crippen LogP) is 2.27. The summed E-state index contributed by atoms with van der Waals surface area (Å²) in [6.45, 7) is 0. The highest BCUT2D eigenvalue weighted by molar-refractivity contribution is 7.89. The Morgan fingerprint density at radius 3 is 2.31 bits per heavy atom. The Kier molecular flexibility index (Phi) is 6.55. The fraction of sp³-hybridized carbons (Fsp3) is 0.100. The number of benzene rings is 2. The lowest BCUT2D eigenvalue weighted by Crippen LogP contribution is -2.47. The summed E-state index contributed by atoms with van der Waals surface area (Å²) in [5, 5.41) is 8.96. The van der Waals surface area contributed by atoms with Gasteiger partial charge in [-0.25, -0.2) is 13.9 Å². The van der Waals surface area contributed by atoms with E-state index in [1.807, 2.05) is 18.2 Å². The quantitative estimate of drug-likeness (QED) is 0.385. The second-order valence-electron chi connectivity index (χ2n) is 6.10. The molecular weight excluding hydrogens is 394 g/mol. The first-order valence-electron chi connectivity index (χ1n) is 8.66. The number of hydrogen-bond acceptors (Lipinski definition) is 6. The van der Waals surface area contributed by atoms with Crippen LogP contribution in [-0.2, 0) is 21.2 Å². The minimum atomic E-state index is -4.02. The number of carbonyl (C=O) groups is 1. The van der Waals surface area contributed by atoms with Crippen molar-refractivity contribution >= 4 is 15.9 Å². The summed E-state index contributed by atoms with van der Waals surface area (Å²) < 4.78 is 33.3. The molecule has 0 saturated heterocycles. The van der Waals surface area contributed by atoms with Crippen LogP contribution in [0.25, 0.3) is 0 Å². The van der Waals surface area contributed by atoms with Gasteiger partial charge in [-0.2, -0.15) is 4.72 Å². The molecule has 0 fully saturated rings. The molecular formula is C20H19N3O5S. The number of hydrogen-bond donors (Lipinski definition) is 3. The fourth-order valence-electron chi connectivity index (χ4n) is 2.59. The fourth-order valence-corrected chi connectivity index (χ4v) is 3.78. The standard InChI is InChI=1S/C20H19N3O5S/c24-20(22-25)19(13-15-5-4-12-21-14-15)23-29(26,27)18-10-8-17(9-11-18)28-16-6-2-1-3-7-16/h1-12,14,19,23,25H,13H2,(H,22,24)/t19-/m1/s1. The van der Waals surface area contributed by atoms with Crippen molar-refractivity contribution in [2.75, 3.05) is 0 Å². The average molecular weight is 413 g/mol. The topological polar surface area (TPSA) is 118 Å². The third-order valence-corrected chi connectivity index (χ3v) is 5.49. The van der Waals surface area contributed by atoms with Gasteiger partial charge in [-0.1, -0.05) is 24.3 Å². The van der Waals surface area contributed by atoms with Crippen molar-refractivity contribution in [3.8, 4) is 11.5 Å². The van der Waals surface area contributed by atoms with E-state index in [-0.39, 0.29) is 11.3 Å². The van der Waals surface area contributed by atoms with E-state index >= 15 is 0 Å². The van der Waals surface area contributed by atoms with Gasteiger partial charge in [0.25, 0.3) is 5.91 Å². The van der Waals surface area contributed by atoms with Crippen LogP contribution in [0, 0.1) is 0 Å². The molecule has 3 N–H and O–H groups in total. The van der Waals surface area contributed by atoms with Crippen LogP contribution in [0.5, 0.6) is 11.5 Å². The molecule has 3 rings (SSSR count). The third-order valence-electron chi connectivity index (χ3n) is 4.00. The van der Waals surface area contributed by atoms with Gasteiger partial charge in [0.2, 0.25) is 10.0 Å². The van der Waals surface area contributed by atoms with Gasteiger partial charge >= 0.3 is 0 Å². The number of pyridine rings is 1. The molecule has 0 spiro atoms. The second kappa shape index (κ2) is 9.28. The molecule has 9 heteroatoms. The van der Waals surface area contributed by atoms with Crippen LogP contribution in [0.1, 0.15) is 5.56 Å². The third kappa shape index (κ3) is 5.61. The number of hydroxylamine groups is 1. The van der Waals surface area contributed by atoms with Crippen LogP contribution in [0.4, 0.5) is 0 Å². The first-order chi connectivity index (χ1) is 14.0. The van der Waals surface area contributed by atoms with Gasteiger partial charge in [0, 0.05) is 12.4 Å². The minimum Gasteiger partial charge on any atom is -0.457 e. The molecule has 3 aromatic rings. The first kappa shape index (κ1) is 20.5. The lowest BCUT2D eigenvalue weighted by molar-refractivity contribution is -0.130. The Labute approximate surface area is 168 Å². The SMILES string of the molecule is O=C(NO)[C@@H](Cc1cccnc1)NS(=O)(=O)c1ccc(Oc2ccccc2)cc1. The molecule has 0 aliphatic heterocycles. The summed E-state index contributed by atoms with van der Waals surface area (Å²) >= 11 is 0. The highest BCUT2D eigenvalue weighted by Crippen LogP contribution is 2.22. The summed E-state index contributed by atoms with van der Waals surface area (Å²) in [5.41, 5.74) is 2.12. The van der Waals surface area contributed by atoms with E-state index in [0.717, 1.165) is 0 Å². The lowest BCUT2D eigenvalue weighted by Gasteiger charge is -2.17. The zero-order chi connectivity index (χ0) is 20.7. The number of carbonyl (C=O) groups excluding carboxylic acids is 1. The van der Waals surface area contributed by atoms with Crippen LogP contribution in [0.3, 0.4) is 0 Å². The van der Waals surface area contributed by atoms with Crippen LogP contribution in [0.2, 0.25) is 0 Å². The van der Waals surface area contributed by atoms with E-state index in [1.165, 1.54) is 35.9 Å². The van der Waals surface area contributed by atoms with Gasteiger partial charge in [-0.15, -0.1) is 0 Å². The Morgan fingerprint density at radius 2 is 1.69 bits per heavy atom. The van der Waals surface area contributed by atoms with Gasteiger partial charge in [-0.05, 0) is 54.4 Å². The molecule has 1 amide bonds. The van der Waals surface area contributed by atoms with Crippen LogP contribution < -0.4 is 14.9 Å². The van der Waals surface area contributed by atoms with Crippen LogP contribution in [-0.4, -0.2) is 30.6 Å². The van der Waals surface area contributed by atoms with Gasteiger partial charge in [0.15, 0.2) is 0 Å². The highest BCUT2D eigenvalue weighted by Gasteiger charge is 2.26. The van der Waals surface area contributed by atoms with Crippen molar-refractivity contribution in [2.24, 2.45) is 0 Å². The van der Waals surface area contributed by atoms with Gasteiger partial charge < -0.3 is 4.74 Å². The molecule has 150 valence electrons. The molecule has 0 unspecified atom stereocenters. The number of rotatable bonds is 8. The largest absolute Gasteiger partial charge is 0.457 e. The average Bonchev–Trinajstić information content (AvgIpc) is 2.74. The molecule has 0 radical (unpaired) electrons. The summed E-state index contributed by atoms with van der Waals surface area (Å²) in [5.74, 6) is 0.217. The number of sulfonamides is 1. The molecule has 1 atom stereocenters. The van der Waals surface area contributed by atoms with Gasteiger partial charge in [0.1, 0.15) is 17.5 Å². The monoisotopic (exact) mass is 413 g/mol. The normalized spacial score (nSPS) is 12.2. The van der Waals surface area contributed by atoms with Crippen molar-refractivity contribution in [1.82, 2.24) is 15.2 Å². The molecule has 29 heavy (non-hydrogen) atoms. The zero-order valence-electron chi connectivity index (χ0n) is 15.2. The highest BCUT2D eigenvalue weighted by atomic mass is 32.2. The molecule has 1 heterocycles. The van der Waals surface area contributed by atoms with Crippen LogP contribution in [0.15, 0.2) is 84.0 Å². The molecule has 1 aromatic heterocycles. The van der Waals surface area contributed by atoms with Crippen molar-refractivity contribution in [3.05, 3.63) is 84.7 Å². The number of aromatic nitrogens is 1. The maximum atomic E-state index is 12.7. The Balaban J connectivity index is 1.74. The van der Waals surface area contributed by atoms with E-state index in [4.69, 9.17) is 9.94 Å².